The first kappa shape index (κ1) is 12.1. The Bertz CT molecular complexity index is 271. The van der Waals surface area contributed by atoms with Gasteiger partial charge in [-0.25, -0.2) is 0 Å². The molecule has 1 aliphatic carbocycles. The molecule has 3 nitrogen and oxygen atoms in total. The summed E-state index contributed by atoms with van der Waals surface area (Å²) in [6.45, 7) is 5.59. The molecule has 4 unspecified atom stereocenters. The maximum atomic E-state index is 12.4. The van der Waals surface area contributed by atoms with E-state index in [1.807, 2.05) is 0 Å². The van der Waals surface area contributed by atoms with Crippen LogP contribution in [0.2, 0.25) is 0 Å². The monoisotopic (exact) mass is 225 g/mol. The van der Waals surface area contributed by atoms with Crippen LogP contribution in [0.25, 0.3) is 0 Å². The quantitative estimate of drug-likeness (QED) is 0.779. The van der Waals surface area contributed by atoms with Crippen molar-refractivity contribution in [3.05, 3.63) is 0 Å². The number of Topliss-reactive ketones (excluding diaryl/α,β-unsaturated/α-hetero) is 1. The van der Waals surface area contributed by atoms with Gasteiger partial charge in [-0.1, -0.05) is 13.8 Å². The Morgan fingerprint density at radius 1 is 1.31 bits per heavy atom. The molecule has 0 amide bonds. The first-order chi connectivity index (χ1) is 7.53. The highest BCUT2D eigenvalue weighted by Gasteiger charge is 2.43. The second-order valence-corrected chi connectivity index (χ2v) is 5.79. The molecule has 3 heteroatoms. The zero-order valence-electron chi connectivity index (χ0n) is 10.4. The predicted molar refractivity (Wildman–Crippen MR) is 63.0 cm³/mol. The molecule has 0 aromatic carbocycles. The van der Waals surface area contributed by atoms with E-state index in [4.69, 9.17) is 10.5 Å². The van der Waals surface area contributed by atoms with Crippen LogP contribution in [0.5, 0.6) is 0 Å². The molecule has 2 rings (SSSR count). The minimum Gasteiger partial charge on any atom is -0.379 e. The van der Waals surface area contributed by atoms with Gasteiger partial charge in [0.2, 0.25) is 0 Å². The van der Waals surface area contributed by atoms with Crippen LogP contribution in [-0.2, 0) is 9.53 Å². The summed E-state index contributed by atoms with van der Waals surface area (Å²) < 4.78 is 5.27. The number of ketones is 1. The first-order valence-corrected chi connectivity index (χ1v) is 6.44. The summed E-state index contributed by atoms with van der Waals surface area (Å²) in [5.74, 6) is 1.83. The lowest BCUT2D eigenvalue weighted by atomic mass is 9.71. The van der Waals surface area contributed by atoms with Gasteiger partial charge in [0.1, 0.15) is 5.54 Å². The van der Waals surface area contributed by atoms with Crippen molar-refractivity contribution in [2.75, 3.05) is 13.2 Å². The fourth-order valence-corrected chi connectivity index (χ4v) is 2.97. The summed E-state index contributed by atoms with van der Waals surface area (Å²) >= 11 is 0. The van der Waals surface area contributed by atoms with Crippen LogP contribution >= 0.6 is 0 Å². The molecule has 0 radical (unpaired) electrons. The van der Waals surface area contributed by atoms with E-state index in [1.54, 1.807) is 0 Å². The third-order valence-electron chi connectivity index (χ3n) is 4.51. The van der Waals surface area contributed by atoms with Crippen molar-refractivity contribution in [2.45, 2.75) is 45.1 Å². The third kappa shape index (κ3) is 2.16. The van der Waals surface area contributed by atoms with Gasteiger partial charge >= 0.3 is 0 Å². The highest BCUT2D eigenvalue weighted by molar-refractivity contribution is 5.90. The van der Waals surface area contributed by atoms with Crippen molar-refractivity contribution in [3.8, 4) is 0 Å². The van der Waals surface area contributed by atoms with Crippen LogP contribution in [0, 0.1) is 17.8 Å². The Morgan fingerprint density at radius 2 is 2.06 bits per heavy atom. The van der Waals surface area contributed by atoms with Gasteiger partial charge in [0.15, 0.2) is 5.78 Å². The molecule has 1 saturated heterocycles. The molecule has 0 spiro atoms. The second-order valence-electron chi connectivity index (χ2n) is 5.79. The summed E-state index contributed by atoms with van der Waals surface area (Å²) in [6.07, 6.45) is 3.89. The van der Waals surface area contributed by atoms with Gasteiger partial charge in [0.05, 0.1) is 6.61 Å². The molecular weight excluding hydrogens is 202 g/mol. The smallest absolute Gasteiger partial charge is 0.158 e. The topological polar surface area (TPSA) is 52.3 Å². The zero-order chi connectivity index (χ0) is 11.8. The SMILES string of the molecule is CC1CCC(C(=O)C2(N)CCOC2)CC1C. The number of rotatable bonds is 2. The Balaban J connectivity index is 2.00. The van der Waals surface area contributed by atoms with Crippen LogP contribution in [0.1, 0.15) is 39.5 Å². The highest BCUT2D eigenvalue weighted by Crippen LogP contribution is 2.36. The molecule has 1 heterocycles. The van der Waals surface area contributed by atoms with Crippen LogP contribution in [-0.4, -0.2) is 24.5 Å². The largest absolute Gasteiger partial charge is 0.379 e. The minimum atomic E-state index is -0.676. The standard InChI is InChI=1S/C13H23NO2/c1-9-3-4-11(7-10(9)2)12(15)13(14)5-6-16-8-13/h9-11H,3-8,14H2,1-2H3. The van der Waals surface area contributed by atoms with E-state index in [9.17, 15) is 4.79 Å². The average molecular weight is 225 g/mol. The third-order valence-corrected chi connectivity index (χ3v) is 4.51. The average Bonchev–Trinajstić information content (AvgIpc) is 2.70. The van der Waals surface area contributed by atoms with Crippen LogP contribution in [0.3, 0.4) is 0 Å². The lowest BCUT2D eigenvalue weighted by Gasteiger charge is -2.34. The Hall–Kier alpha value is -0.410. The summed E-state index contributed by atoms with van der Waals surface area (Å²) in [5, 5.41) is 0. The molecule has 0 aromatic rings. The molecule has 1 saturated carbocycles. The Labute approximate surface area is 97.7 Å². The van der Waals surface area contributed by atoms with Crippen LogP contribution < -0.4 is 5.73 Å². The normalized spacial score (nSPS) is 44.6. The van der Waals surface area contributed by atoms with Crippen molar-refractivity contribution in [2.24, 2.45) is 23.5 Å². The van der Waals surface area contributed by atoms with Crippen molar-refractivity contribution < 1.29 is 9.53 Å². The first-order valence-electron chi connectivity index (χ1n) is 6.44. The van der Waals surface area contributed by atoms with Gasteiger partial charge in [-0.3, -0.25) is 4.79 Å². The van der Waals surface area contributed by atoms with E-state index >= 15 is 0 Å². The van der Waals surface area contributed by atoms with Gasteiger partial charge in [0.25, 0.3) is 0 Å². The van der Waals surface area contributed by atoms with Gasteiger partial charge in [-0.05, 0) is 37.5 Å². The predicted octanol–water partition coefficient (Wildman–Crippen LogP) is 1.75. The van der Waals surface area contributed by atoms with E-state index in [0.29, 0.717) is 25.6 Å². The van der Waals surface area contributed by atoms with Gasteiger partial charge in [-0.15, -0.1) is 0 Å². The number of hydrogen-bond acceptors (Lipinski definition) is 3. The molecule has 2 fully saturated rings. The summed E-state index contributed by atoms with van der Waals surface area (Å²) in [5.41, 5.74) is 5.46. The Kier molecular flexibility index (Phi) is 3.36. The van der Waals surface area contributed by atoms with Gasteiger partial charge < -0.3 is 10.5 Å². The van der Waals surface area contributed by atoms with E-state index in [0.717, 1.165) is 25.2 Å². The second kappa shape index (κ2) is 4.46. The fourth-order valence-electron chi connectivity index (χ4n) is 2.97. The van der Waals surface area contributed by atoms with Crippen molar-refractivity contribution >= 4 is 5.78 Å². The molecule has 2 N–H and O–H groups in total. The molecule has 0 bridgehead atoms. The molecule has 92 valence electrons. The van der Waals surface area contributed by atoms with Gasteiger partial charge in [-0.2, -0.15) is 0 Å². The molecule has 4 atom stereocenters. The van der Waals surface area contributed by atoms with Crippen LogP contribution in [0.4, 0.5) is 0 Å². The highest BCUT2D eigenvalue weighted by atomic mass is 16.5. The van der Waals surface area contributed by atoms with E-state index in [2.05, 4.69) is 13.8 Å². The number of carbonyl (C=O) groups is 1. The van der Waals surface area contributed by atoms with E-state index in [1.165, 1.54) is 0 Å². The molecular formula is C13H23NO2. The summed E-state index contributed by atoms with van der Waals surface area (Å²) in [7, 11) is 0. The Morgan fingerprint density at radius 3 is 2.62 bits per heavy atom. The molecule has 1 aliphatic heterocycles. The fraction of sp³-hybridized carbons (Fsp3) is 0.923. The number of hydrogen-bond donors (Lipinski definition) is 1. The molecule has 0 aromatic heterocycles. The number of ether oxygens (including phenoxy) is 1. The van der Waals surface area contributed by atoms with E-state index < -0.39 is 5.54 Å². The summed E-state index contributed by atoms with van der Waals surface area (Å²) in [4.78, 5) is 12.4. The van der Waals surface area contributed by atoms with Crippen molar-refractivity contribution in [1.82, 2.24) is 0 Å². The maximum Gasteiger partial charge on any atom is 0.158 e. The lowest BCUT2D eigenvalue weighted by Crippen LogP contribution is -2.52. The van der Waals surface area contributed by atoms with E-state index in [-0.39, 0.29) is 11.7 Å². The number of nitrogens with two attached hydrogens (primary N) is 1. The van der Waals surface area contributed by atoms with Crippen molar-refractivity contribution in [1.29, 1.82) is 0 Å². The van der Waals surface area contributed by atoms with Crippen LogP contribution in [0.15, 0.2) is 0 Å². The molecule has 2 aliphatic rings. The summed E-state index contributed by atoms with van der Waals surface area (Å²) in [6, 6.07) is 0. The van der Waals surface area contributed by atoms with Gasteiger partial charge in [0, 0.05) is 12.5 Å². The lowest BCUT2D eigenvalue weighted by molar-refractivity contribution is -0.130. The number of carbonyl (C=O) groups excluding carboxylic acids is 1. The maximum absolute atomic E-state index is 12.4. The zero-order valence-corrected chi connectivity index (χ0v) is 10.4. The van der Waals surface area contributed by atoms with Crippen molar-refractivity contribution in [3.63, 3.8) is 0 Å². The minimum absolute atomic E-state index is 0.179. The molecule has 16 heavy (non-hydrogen) atoms.